The lowest BCUT2D eigenvalue weighted by Crippen LogP contribution is -2.31. The van der Waals surface area contributed by atoms with E-state index in [-0.39, 0.29) is 18.4 Å². The van der Waals surface area contributed by atoms with Crippen molar-refractivity contribution in [3.05, 3.63) is 39.3 Å². The summed E-state index contributed by atoms with van der Waals surface area (Å²) in [6, 6.07) is 5.81. The van der Waals surface area contributed by atoms with Gasteiger partial charge < -0.3 is 14.0 Å². The molecule has 1 aromatic carbocycles. The van der Waals surface area contributed by atoms with Crippen LogP contribution in [-0.4, -0.2) is 52.5 Å². The van der Waals surface area contributed by atoms with Crippen LogP contribution in [0.5, 0.6) is 0 Å². The smallest absolute Gasteiger partial charge is 0.325 e. The molecule has 0 unspecified atom stereocenters. The Balaban J connectivity index is 1.97. The number of thiocarbonyl (C=S) groups is 1. The first kappa shape index (κ1) is 21.0. The first-order chi connectivity index (χ1) is 13.4. The zero-order valence-electron chi connectivity index (χ0n) is 15.4. The molecule has 1 aliphatic heterocycles. The Morgan fingerprint density at radius 3 is 2.89 bits per heavy atom. The number of thioether (sulfide) groups is 1. The minimum atomic E-state index is -0.306. The summed E-state index contributed by atoms with van der Waals surface area (Å²) in [5.74, 6) is -0.437. The van der Waals surface area contributed by atoms with Crippen molar-refractivity contribution < 1.29 is 19.1 Å². The van der Waals surface area contributed by atoms with Crippen molar-refractivity contribution in [1.82, 2.24) is 9.47 Å². The second kappa shape index (κ2) is 9.21. The van der Waals surface area contributed by atoms with Gasteiger partial charge >= 0.3 is 5.97 Å². The molecule has 1 amide bonds. The van der Waals surface area contributed by atoms with Gasteiger partial charge in [-0.25, -0.2) is 0 Å². The number of carbonyl (C=O) groups is 2. The predicted octanol–water partition coefficient (Wildman–Crippen LogP) is 3.81. The number of halogens is 1. The van der Waals surface area contributed by atoms with Crippen LogP contribution in [0.2, 0.25) is 0 Å². The zero-order valence-corrected chi connectivity index (χ0v) is 18.7. The van der Waals surface area contributed by atoms with Gasteiger partial charge in [0, 0.05) is 34.2 Å². The van der Waals surface area contributed by atoms with E-state index >= 15 is 0 Å². The Kier molecular flexibility index (Phi) is 6.92. The molecule has 28 heavy (non-hydrogen) atoms. The van der Waals surface area contributed by atoms with E-state index in [0.29, 0.717) is 29.0 Å². The van der Waals surface area contributed by atoms with Crippen molar-refractivity contribution >= 4 is 73.1 Å². The van der Waals surface area contributed by atoms with Crippen molar-refractivity contribution in [2.45, 2.75) is 13.5 Å². The van der Waals surface area contributed by atoms with Crippen LogP contribution < -0.4 is 0 Å². The van der Waals surface area contributed by atoms with Crippen molar-refractivity contribution in [2.75, 3.05) is 26.9 Å². The van der Waals surface area contributed by atoms with Crippen molar-refractivity contribution in [1.29, 1.82) is 0 Å². The summed E-state index contributed by atoms with van der Waals surface area (Å²) in [5, 5.41) is 0.931. The van der Waals surface area contributed by atoms with Gasteiger partial charge in [-0.05, 0) is 31.2 Å². The molecule has 0 saturated carbocycles. The topological polar surface area (TPSA) is 60.8 Å². The molecule has 148 valence electrons. The van der Waals surface area contributed by atoms with E-state index in [1.54, 1.807) is 18.9 Å². The van der Waals surface area contributed by atoms with Crippen LogP contribution in [0.4, 0.5) is 0 Å². The lowest BCUT2D eigenvalue weighted by atomic mass is 10.1. The highest BCUT2D eigenvalue weighted by molar-refractivity contribution is 9.10. The number of methoxy groups -OCH3 is 1. The van der Waals surface area contributed by atoms with Gasteiger partial charge in [-0.2, -0.15) is 0 Å². The highest BCUT2D eigenvalue weighted by Crippen LogP contribution is 2.34. The average molecular weight is 483 g/mol. The molecular weight excluding hydrogens is 464 g/mol. The number of esters is 1. The fourth-order valence-electron chi connectivity index (χ4n) is 2.91. The summed E-state index contributed by atoms with van der Waals surface area (Å²) in [4.78, 5) is 26.8. The number of hydrogen-bond acceptors (Lipinski definition) is 6. The lowest BCUT2D eigenvalue weighted by molar-refractivity contribution is -0.143. The molecule has 2 heterocycles. The molecule has 0 N–H and O–H groups in total. The fourth-order valence-corrected chi connectivity index (χ4v) is 4.57. The molecule has 1 aliphatic rings. The maximum Gasteiger partial charge on any atom is 0.325 e. The van der Waals surface area contributed by atoms with Gasteiger partial charge in [-0.1, -0.05) is 39.9 Å². The van der Waals surface area contributed by atoms with E-state index in [1.165, 1.54) is 11.8 Å². The summed E-state index contributed by atoms with van der Waals surface area (Å²) in [6.07, 6.45) is 3.68. The molecule has 0 atom stereocenters. The number of nitrogens with zero attached hydrogens (tertiary/aromatic N) is 2. The number of fused-ring (bicyclic) bond motifs is 1. The Bertz CT molecular complexity index is 970. The second-order valence-electron chi connectivity index (χ2n) is 6.00. The van der Waals surface area contributed by atoms with Gasteiger partial charge in [0.15, 0.2) is 0 Å². The molecule has 2 aromatic rings. The summed E-state index contributed by atoms with van der Waals surface area (Å²) in [6.45, 7) is 3.06. The molecule has 0 radical (unpaired) electrons. The number of hydrogen-bond donors (Lipinski definition) is 0. The van der Waals surface area contributed by atoms with Crippen molar-refractivity contribution in [3.8, 4) is 0 Å². The molecule has 0 bridgehead atoms. The van der Waals surface area contributed by atoms with Gasteiger partial charge in [-0.15, -0.1) is 0 Å². The Hall–Kier alpha value is -1.68. The number of amides is 1. The van der Waals surface area contributed by atoms with Gasteiger partial charge in [-0.3, -0.25) is 14.5 Å². The molecule has 3 rings (SSSR count). The highest BCUT2D eigenvalue weighted by atomic mass is 79.9. The van der Waals surface area contributed by atoms with Gasteiger partial charge in [0.25, 0.3) is 5.91 Å². The van der Waals surface area contributed by atoms with Crippen LogP contribution in [0, 0.1) is 0 Å². The number of rotatable bonds is 7. The summed E-state index contributed by atoms with van der Waals surface area (Å²) in [5.41, 5.74) is 1.73. The second-order valence-corrected chi connectivity index (χ2v) is 8.60. The molecule has 1 saturated heterocycles. The highest BCUT2D eigenvalue weighted by Gasteiger charge is 2.31. The van der Waals surface area contributed by atoms with Crippen LogP contribution in [-0.2, 0) is 25.6 Å². The van der Waals surface area contributed by atoms with Crippen molar-refractivity contribution in [2.24, 2.45) is 0 Å². The first-order valence-electron chi connectivity index (χ1n) is 8.63. The summed E-state index contributed by atoms with van der Waals surface area (Å²) >= 11 is 10.1. The minimum absolute atomic E-state index is 0.106. The third-order valence-electron chi connectivity index (χ3n) is 4.16. The Morgan fingerprint density at radius 1 is 1.39 bits per heavy atom. The normalized spacial score (nSPS) is 15.8. The van der Waals surface area contributed by atoms with Gasteiger partial charge in [0.1, 0.15) is 10.9 Å². The van der Waals surface area contributed by atoms with Crippen LogP contribution in [0.25, 0.3) is 17.0 Å². The van der Waals surface area contributed by atoms with Crippen molar-refractivity contribution in [3.63, 3.8) is 0 Å². The van der Waals surface area contributed by atoms with E-state index < -0.39 is 0 Å². The van der Waals surface area contributed by atoms with E-state index in [0.717, 1.165) is 20.9 Å². The van der Waals surface area contributed by atoms with E-state index in [2.05, 4.69) is 15.9 Å². The first-order valence-corrected chi connectivity index (χ1v) is 10.6. The molecule has 1 fully saturated rings. The van der Waals surface area contributed by atoms with Gasteiger partial charge in [0.2, 0.25) is 0 Å². The quantitative estimate of drug-likeness (QED) is 0.339. The summed E-state index contributed by atoms with van der Waals surface area (Å²) < 4.78 is 13.4. The monoisotopic (exact) mass is 482 g/mol. The van der Waals surface area contributed by atoms with Crippen LogP contribution >= 0.6 is 39.9 Å². The van der Waals surface area contributed by atoms with E-state index in [4.69, 9.17) is 21.7 Å². The lowest BCUT2D eigenvalue weighted by Gasteiger charge is -2.12. The molecule has 9 heteroatoms. The zero-order chi connectivity index (χ0) is 20.3. The van der Waals surface area contributed by atoms with Gasteiger partial charge in [0.05, 0.1) is 24.7 Å². The SMILES string of the molecule is CCOC(=O)Cn1cc(/C=C2\SC(=S)N(CCOC)C2=O)c2cc(Br)ccc21. The third kappa shape index (κ3) is 4.48. The standard InChI is InChI=1S/C19H19BrN2O4S2/c1-3-26-17(23)11-21-10-12(14-9-13(20)4-5-15(14)21)8-16-18(24)22(6-7-25-2)19(27)28-16/h4-5,8-10H,3,6-7,11H2,1-2H3/b16-8-. The number of ether oxygens (including phenoxy) is 2. The largest absolute Gasteiger partial charge is 0.465 e. The molecule has 0 aliphatic carbocycles. The molecular formula is C19H19BrN2O4S2. The number of carbonyl (C=O) groups excluding carboxylic acids is 2. The summed E-state index contributed by atoms with van der Waals surface area (Å²) in [7, 11) is 1.59. The fraction of sp³-hybridized carbons (Fsp3) is 0.316. The van der Waals surface area contributed by atoms with E-state index in [9.17, 15) is 9.59 Å². The minimum Gasteiger partial charge on any atom is -0.465 e. The maximum absolute atomic E-state index is 12.7. The van der Waals surface area contributed by atoms with Crippen LogP contribution in [0.1, 0.15) is 12.5 Å². The Labute approximate surface area is 181 Å². The molecule has 6 nitrogen and oxygen atoms in total. The van der Waals surface area contributed by atoms with Crippen LogP contribution in [0.3, 0.4) is 0 Å². The average Bonchev–Trinajstić information content (AvgIpc) is 3.11. The molecule has 0 spiro atoms. The Morgan fingerprint density at radius 2 is 2.18 bits per heavy atom. The predicted molar refractivity (Wildman–Crippen MR) is 118 cm³/mol. The maximum atomic E-state index is 12.7. The van der Waals surface area contributed by atoms with Crippen LogP contribution in [0.15, 0.2) is 33.8 Å². The molecule has 1 aromatic heterocycles. The van der Waals surface area contributed by atoms with E-state index in [1.807, 2.05) is 35.0 Å². The number of aromatic nitrogens is 1. The third-order valence-corrected chi connectivity index (χ3v) is 6.03. The number of benzene rings is 1.